The summed E-state index contributed by atoms with van der Waals surface area (Å²) in [6.07, 6.45) is 8.38. The Kier molecular flexibility index (Phi) is 6.75. The number of allylic oxidation sites excluding steroid dienone is 2. The van der Waals surface area contributed by atoms with Crippen LogP contribution in [-0.2, 0) is 18.0 Å². The van der Waals surface area contributed by atoms with E-state index in [-0.39, 0.29) is 12.2 Å². The molecule has 202 valence electrons. The summed E-state index contributed by atoms with van der Waals surface area (Å²) >= 11 is 0. The molecule has 1 aliphatic rings. The Balaban J connectivity index is 1.44. The van der Waals surface area contributed by atoms with Crippen molar-refractivity contribution in [1.29, 1.82) is 0 Å². The van der Waals surface area contributed by atoms with E-state index in [1.807, 2.05) is 78.9 Å². The average molecular weight is 539 g/mol. The standard InChI is InChI=1S/C35H30N4O2/c40-35-31(28-18-19-29-27(21-28)17-10-20-36-29)30(23-41-22-24-11-4-1-5-12-24)37-34-32(25-13-6-2-7-14-25)33(38-39(34)35)26-15-8-3-9-16-26/h1,3-5,8-13,15-21,37H,2,6-7,14,22-23H2. The van der Waals surface area contributed by atoms with E-state index in [9.17, 15) is 4.79 Å². The van der Waals surface area contributed by atoms with Gasteiger partial charge in [0.05, 0.1) is 30.0 Å². The maximum absolute atomic E-state index is 14.4. The lowest BCUT2D eigenvalue weighted by molar-refractivity contribution is 0.105. The Bertz CT molecular complexity index is 1940. The van der Waals surface area contributed by atoms with Crippen molar-refractivity contribution in [2.45, 2.75) is 38.9 Å². The molecule has 0 aliphatic heterocycles. The van der Waals surface area contributed by atoms with E-state index in [0.717, 1.165) is 63.8 Å². The molecular weight excluding hydrogens is 508 g/mol. The van der Waals surface area contributed by atoms with Gasteiger partial charge in [0.1, 0.15) is 11.3 Å². The Morgan fingerprint density at radius 3 is 2.46 bits per heavy atom. The number of nitrogens with zero attached hydrogens (tertiary/aromatic N) is 3. The molecule has 0 amide bonds. The van der Waals surface area contributed by atoms with Crippen LogP contribution in [0.25, 0.3) is 44.5 Å². The second kappa shape index (κ2) is 11.0. The minimum absolute atomic E-state index is 0.167. The van der Waals surface area contributed by atoms with Crippen molar-refractivity contribution >= 4 is 22.1 Å². The third-order valence-electron chi connectivity index (χ3n) is 7.77. The molecule has 0 bridgehead atoms. The van der Waals surface area contributed by atoms with Gasteiger partial charge in [-0.25, -0.2) is 0 Å². The number of ether oxygens (including phenoxy) is 1. The lowest BCUT2D eigenvalue weighted by atomic mass is 9.92. The molecule has 1 aliphatic carbocycles. The van der Waals surface area contributed by atoms with Crippen molar-refractivity contribution in [3.63, 3.8) is 0 Å². The summed E-state index contributed by atoms with van der Waals surface area (Å²) in [6, 6.07) is 30.1. The summed E-state index contributed by atoms with van der Waals surface area (Å²) in [5.74, 6) is 0. The van der Waals surface area contributed by atoms with Gasteiger partial charge >= 0.3 is 0 Å². The first-order valence-electron chi connectivity index (χ1n) is 14.2. The van der Waals surface area contributed by atoms with Gasteiger partial charge in [-0.05, 0) is 60.6 Å². The van der Waals surface area contributed by atoms with E-state index in [4.69, 9.17) is 9.84 Å². The van der Waals surface area contributed by atoms with Gasteiger partial charge in [-0.2, -0.15) is 9.61 Å². The Labute approximate surface area is 238 Å². The number of pyridine rings is 1. The molecule has 0 atom stereocenters. The summed E-state index contributed by atoms with van der Waals surface area (Å²) < 4.78 is 7.76. The SMILES string of the molecule is O=c1c(-c2ccc3ncccc3c2)c(COCc2ccccc2)[nH]c2c(C3=CCCCC3)c(-c3ccccc3)nn12. The van der Waals surface area contributed by atoms with Gasteiger partial charge in [-0.1, -0.05) is 78.9 Å². The van der Waals surface area contributed by atoms with E-state index in [1.54, 1.807) is 10.7 Å². The maximum atomic E-state index is 14.4. The van der Waals surface area contributed by atoms with E-state index in [1.165, 1.54) is 12.0 Å². The Hall–Kier alpha value is -4.81. The quantitative estimate of drug-likeness (QED) is 0.227. The molecule has 0 spiro atoms. The molecule has 3 aromatic heterocycles. The summed E-state index contributed by atoms with van der Waals surface area (Å²) in [7, 11) is 0. The Morgan fingerprint density at radius 2 is 1.66 bits per heavy atom. The average Bonchev–Trinajstić information content (AvgIpc) is 3.42. The molecule has 0 fully saturated rings. The maximum Gasteiger partial charge on any atom is 0.282 e. The molecule has 0 radical (unpaired) electrons. The second-order valence-corrected chi connectivity index (χ2v) is 10.5. The van der Waals surface area contributed by atoms with Crippen molar-refractivity contribution in [2.24, 2.45) is 0 Å². The second-order valence-electron chi connectivity index (χ2n) is 10.5. The van der Waals surface area contributed by atoms with Crippen LogP contribution in [0.4, 0.5) is 0 Å². The molecule has 6 heteroatoms. The van der Waals surface area contributed by atoms with Crippen LogP contribution in [-0.4, -0.2) is 19.6 Å². The summed E-state index contributed by atoms with van der Waals surface area (Å²) in [6.45, 7) is 0.701. The van der Waals surface area contributed by atoms with Crippen molar-refractivity contribution in [1.82, 2.24) is 19.6 Å². The molecule has 41 heavy (non-hydrogen) atoms. The number of hydrogen-bond donors (Lipinski definition) is 1. The van der Waals surface area contributed by atoms with Crippen LogP contribution >= 0.6 is 0 Å². The third kappa shape index (κ3) is 4.87. The zero-order valence-electron chi connectivity index (χ0n) is 22.7. The molecule has 6 nitrogen and oxygen atoms in total. The zero-order chi connectivity index (χ0) is 27.6. The number of H-pyrrole nitrogens is 1. The summed E-state index contributed by atoms with van der Waals surface area (Å²) in [5.41, 5.74) is 8.67. The number of rotatable bonds is 7. The molecule has 0 saturated carbocycles. The van der Waals surface area contributed by atoms with Crippen molar-refractivity contribution in [3.05, 3.63) is 130 Å². The first-order chi connectivity index (χ1) is 20.3. The number of aromatic nitrogens is 4. The van der Waals surface area contributed by atoms with E-state index in [2.05, 4.69) is 28.2 Å². The minimum Gasteiger partial charge on any atom is -0.371 e. The molecule has 3 heterocycles. The van der Waals surface area contributed by atoms with Gasteiger partial charge in [0, 0.05) is 22.7 Å². The first kappa shape index (κ1) is 25.2. The van der Waals surface area contributed by atoms with Gasteiger partial charge in [-0.3, -0.25) is 9.78 Å². The predicted molar refractivity (Wildman–Crippen MR) is 163 cm³/mol. The third-order valence-corrected chi connectivity index (χ3v) is 7.77. The van der Waals surface area contributed by atoms with Crippen LogP contribution in [0.15, 0.2) is 108 Å². The van der Waals surface area contributed by atoms with Crippen LogP contribution in [0.3, 0.4) is 0 Å². The van der Waals surface area contributed by atoms with Crippen LogP contribution in [0, 0.1) is 0 Å². The number of hydrogen-bond acceptors (Lipinski definition) is 4. The van der Waals surface area contributed by atoms with E-state index >= 15 is 0 Å². The summed E-state index contributed by atoms with van der Waals surface area (Å²) in [4.78, 5) is 22.5. The largest absolute Gasteiger partial charge is 0.371 e. The molecule has 0 saturated heterocycles. The van der Waals surface area contributed by atoms with Gasteiger partial charge in [0.15, 0.2) is 0 Å². The van der Waals surface area contributed by atoms with Gasteiger partial charge in [0.25, 0.3) is 5.56 Å². The van der Waals surface area contributed by atoms with Gasteiger partial charge in [0.2, 0.25) is 0 Å². The van der Waals surface area contributed by atoms with Crippen LogP contribution in [0.1, 0.15) is 42.5 Å². The number of fused-ring (bicyclic) bond motifs is 2. The number of nitrogens with one attached hydrogen (secondary N) is 1. The molecular formula is C35H30N4O2. The van der Waals surface area contributed by atoms with E-state index in [0.29, 0.717) is 17.8 Å². The highest BCUT2D eigenvalue weighted by atomic mass is 16.5. The van der Waals surface area contributed by atoms with Crippen molar-refractivity contribution < 1.29 is 4.74 Å². The van der Waals surface area contributed by atoms with Crippen LogP contribution in [0.5, 0.6) is 0 Å². The molecule has 1 N–H and O–H groups in total. The zero-order valence-corrected chi connectivity index (χ0v) is 22.7. The highest BCUT2D eigenvalue weighted by Gasteiger charge is 2.24. The topological polar surface area (TPSA) is 72.3 Å². The van der Waals surface area contributed by atoms with E-state index < -0.39 is 0 Å². The van der Waals surface area contributed by atoms with Crippen molar-refractivity contribution in [3.8, 4) is 22.4 Å². The minimum atomic E-state index is -0.167. The Morgan fingerprint density at radius 1 is 0.829 bits per heavy atom. The lowest BCUT2D eigenvalue weighted by Gasteiger charge is -2.15. The lowest BCUT2D eigenvalue weighted by Crippen LogP contribution is -2.21. The molecule has 7 rings (SSSR count). The van der Waals surface area contributed by atoms with Crippen LogP contribution in [0.2, 0.25) is 0 Å². The smallest absolute Gasteiger partial charge is 0.282 e. The predicted octanol–water partition coefficient (Wildman–Crippen LogP) is 7.58. The van der Waals surface area contributed by atoms with Gasteiger partial charge in [-0.15, -0.1) is 0 Å². The molecule has 3 aromatic carbocycles. The number of benzene rings is 3. The fourth-order valence-corrected chi connectivity index (χ4v) is 5.77. The highest BCUT2D eigenvalue weighted by molar-refractivity contribution is 5.89. The fourth-order valence-electron chi connectivity index (χ4n) is 5.77. The number of aromatic amines is 1. The first-order valence-corrected chi connectivity index (χ1v) is 14.2. The van der Waals surface area contributed by atoms with Gasteiger partial charge < -0.3 is 9.72 Å². The fraction of sp³-hybridized carbons (Fsp3) is 0.171. The monoisotopic (exact) mass is 538 g/mol. The van der Waals surface area contributed by atoms with Crippen LogP contribution < -0.4 is 5.56 Å². The normalized spacial score (nSPS) is 13.5. The molecule has 6 aromatic rings. The van der Waals surface area contributed by atoms with Crippen molar-refractivity contribution in [2.75, 3.05) is 0 Å². The summed E-state index contributed by atoms with van der Waals surface area (Å²) in [5, 5.41) is 5.93. The highest BCUT2D eigenvalue weighted by Crippen LogP contribution is 2.36. The molecule has 0 unspecified atom stereocenters.